The standard InChI is InChI=1S/C13H9NOS/c1-2-6-13-11(5-1)12(9-16-13)15-10-4-3-7-14-8-10/h1-9H. The number of ether oxygens (including phenoxy) is 1. The average molecular weight is 227 g/mol. The summed E-state index contributed by atoms with van der Waals surface area (Å²) in [7, 11) is 0. The number of nitrogens with zero attached hydrogens (tertiary/aromatic N) is 1. The molecular formula is C13H9NOS. The van der Waals surface area contributed by atoms with E-state index >= 15 is 0 Å². The molecule has 0 atom stereocenters. The monoisotopic (exact) mass is 227 g/mol. The van der Waals surface area contributed by atoms with Crippen LogP contribution in [0.5, 0.6) is 11.5 Å². The molecule has 0 radical (unpaired) electrons. The lowest BCUT2D eigenvalue weighted by Gasteiger charge is -2.02. The van der Waals surface area contributed by atoms with Crippen LogP contribution in [-0.4, -0.2) is 4.98 Å². The summed E-state index contributed by atoms with van der Waals surface area (Å²) < 4.78 is 7.02. The van der Waals surface area contributed by atoms with Crippen molar-refractivity contribution in [2.24, 2.45) is 0 Å². The fourth-order valence-electron chi connectivity index (χ4n) is 1.57. The van der Waals surface area contributed by atoms with E-state index in [0.29, 0.717) is 0 Å². The van der Waals surface area contributed by atoms with E-state index in [1.54, 1.807) is 23.7 Å². The molecule has 1 aromatic carbocycles. The Morgan fingerprint density at radius 3 is 2.88 bits per heavy atom. The molecule has 0 saturated carbocycles. The van der Waals surface area contributed by atoms with Crippen LogP contribution in [0.3, 0.4) is 0 Å². The lowest BCUT2D eigenvalue weighted by atomic mass is 10.2. The molecule has 0 bridgehead atoms. The van der Waals surface area contributed by atoms with Gasteiger partial charge < -0.3 is 4.74 Å². The Bertz CT molecular complexity index is 603. The van der Waals surface area contributed by atoms with Crippen molar-refractivity contribution in [1.29, 1.82) is 0 Å². The Morgan fingerprint density at radius 2 is 2.00 bits per heavy atom. The Hall–Kier alpha value is -1.87. The van der Waals surface area contributed by atoms with E-state index < -0.39 is 0 Å². The van der Waals surface area contributed by atoms with Crippen molar-refractivity contribution < 1.29 is 4.74 Å². The lowest BCUT2D eigenvalue weighted by Crippen LogP contribution is -1.82. The maximum absolute atomic E-state index is 5.78. The summed E-state index contributed by atoms with van der Waals surface area (Å²) in [6.07, 6.45) is 3.45. The smallest absolute Gasteiger partial charge is 0.146 e. The molecule has 0 amide bonds. The Morgan fingerprint density at radius 1 is 1.06 bits per heavy atom. The van der Waals surface area contributed by atoms with Gasteiger partial charge in [0.2, 0.25) is 0 Å². The Kier molecular flexibility index (Phi) is 2.31. The highest BCUT2D eigenvalue weighted by Crippen LogP contribution is 2.34. The maximum Gasteiger partial charge on any atom is 0.146 e. The third-order valence-electron chi connectivity index (χ3n) is 2.31. The van der Waals surface area contributed by atoms with E-state index in [2.05, 4.69) is 17.1 Å². The number of benzene rings is 1. The fraction of sp³-hybridized carbons (Fsp3) is 0. The van der Waals surface area contributed by atoms with Crippen molar-refractivity contribution in [1.82, 2.24) is 4.98 Å². The molecule has 0 fully saturated rings. The Balaban J connectivity index is 2.01. The molecule has 2 heterocycles. The van der Waals surface area contributed by atoms with Crippen LogP contribution in [0.25, 0.3) is 10.1 Å². The van der Waals surface area contributed by atoms with Crippen LogP contribution in [0.4, 0.5) is 0 Å². The molecule has 0 spiro atoms. The molecule has 0 N–H and O–H groups in total. The minimum absolute atomic E-state index is 0.769. The topological polar surface area (TPSA) is 22.1 Å². The second-order valence-electron chi connectivity index (χ2n) is 3.39. The predicted octanol–water partition coefficient (Wildman–Crippen LogP) is 4.09. The third kappa shape index (κ3) is 1.66. The van der Waals surface area contributed by atoms with E-state index in [9.17, 15) is 0 Å². The van der Waals surface area contributed by atoms with Gasteiger partial charge in [-0.05, 0) is 24.3 Å². The van der Waals surface area contributed by atoms with Crippen LogP contribution in [0, 0.1) is 0 Å². The normalized spacial score (nSPS) is 10.5. The Labute approximate surface area is 97.1 Å². The fourth-order valence-corrected chi connectivity index (χ4v) is 2.43. The molecule has 0 aliphatic rings. The summed E-state index contributed by atoms with van der Waals surface area (Å²) in [6.45, 7) is 0. The molecule has 2 aromatic heterocycles. The van der Waals surface area contributed by atoms with Gasteiger partial charge in [0.25, 0.3) is 0 Å². The molecule has 2 nitrogen and oxygen atoms in total. The molecule has 0 aliphatic heterocycles. The van der Waals surface area contributed by atoms with E-state index in [4.69, 9.17) is 4.74 Å². The molecule has 0 unspecified atom stereocenters. The SMILES string of the molecule is c1cncc(Oc2csc3ccccc23)c1. The number of aromatic nitrogens is 1. The third-order valence-corrected chi connectivity index (χ3v) is 3.25. The number of thiophene rings is 1. The van der Waals surface area contributed by atoms with Crippen molar-refractivity contribution in [3.8, 4) is 11.5 Å². The van der Waals surface area contributed by atoms with E-state index in [0.717, 1.165) is 16.9 Å². The van der Waals surface area contributed by atoms with Gasteiger partial charge in [0.05, 0.1) is 6.20 Å². The van der Waals surface area contributed by atoms with Crippen molar-refractivity contribution in [2.45, 2.75) is 0 Å². The highest BCUT2D eigenvalue weighted by molar-refractivity contribution is 7.17. The zero-order valence-electron chi connectivity index (χ0n) is 8.46. The van der Waals surface area contributed by atoms with Crippen LogP contribution in [0.15, 0.2) is 54.2 Å². The van der Waals surface area contributed by atoms with Gasteiger partial charge in [0.15, 0.2) is 0 Å². The van der Waals surface area contributed by atoms with E-state index in [-0.39, 0.29) is 0 Å². The van der Waals surface area contributed by atoms with Crippen LogP contribution in [0.2, 0.25) is 0 Å². The molecular weight excluding hydrogens is 218 g/mol. The number of pyridine rings is 1. The summed E-state index contributed by atoms with van der Waals surface area (Å²) >= 11 is 1.69. The first-order chi connectivity index (χ1) is 7.93. The summed E-state index contributed by atoms with van der Waals surface area (Å²) in [4.78, 5) is 4.02. The molecule has 0 aliphatic carbocycles. The van der Waals surface area contributed by atoms with Gasteiger partial charge in [0, 0.05) is 21.7 Å². The molecule has 3 heteroatoms. The van der Waals surface area contributed by atoms with Crippen molar-refractivity contribution in [3.05, 3.63) is 54.2 Å². The first kappa shape index (κ1) is 9.36. The molecule has 3 aromatic rings. The summed E-state index contributed by atoms with van der Waals surface area (Å²) in [5, 5.41) is 3.17. The van der Waals surface area contributed by atoms with Gasteiger partial charge in [-0.2, -0.15) is 0 Å². The van der Waals surface area contributed by atoms with Crippen LogP contribution in [0.1, 0.15) is 0 Å². The van der Waals surface area contributed by atoms with Crippen LogP contribution in [-0.2, 0) is 0 Å². The van der Waals surface area contributed by atoms with Gasteiger partial charge in [-0.1, -0.05) is 12.1 Å². The van der Waals surface area contributed by atoms with Crippen molar-refractivity contribution in [3.63, 3.8) is 0 Å². The molecule has 16 heavy (non-hydrogen) atoms. The van der Waals surface area contributed by atoms with Gasteiger partial charge in [-0.15, -0.1) is 11.3 Å². The van der Waals surface area contributed by atoms with E-state index in [1.807, 2.05) is 29.6 Å². The minimum Gasteiger partial charge on any atom is -0.454 e. The average Bonchev–Trinajstić information content (AvgIpc) is 2.74. The van der Waals surface area contributed by atoms with Gasteiger partial charge >= 0.3 is 0 Å². The zero-order chi connectivity index (χ0) is 10.8. The molecule has 3 rings (SSSR count). The van der Waals surface area contributed by atoms with Crippen LogP contribution >= 0.6 is 11.3 Å². The second kappa shape index (κ2) is 3.94. The summed E-state index contributed by atoms with van der Waals surface area (Å²) in [5.74, 6) is 1.67. The predicted molar refractivity (Wildman–Crippen MR) is 66.1 cm³/mol. The number of hydrogen-bond acceptors (Lipinski definition) is 3. The molecule has 78 valence electrons. The van der Waals surface area contributed by atoms with Gasteiger partial charge in [-0.3, -0.25) is 4.98 Å². The summed E-state index contributed by atoms with van der Waals surface area (Å²) in [6, 6.07) is 12.0. The lowest BCUT2D eigenvalue weighted by molar-refractivity contribution is 0.487. The quantitative estimate of drug-likeness (QED) is 0.658. The number of rotatable bonds is 2. The zero-order valence-corrected chi connectivity index (χ0v) is 9.28. The minimum atomic E-state index is 0.769. The van der Waals surface area contributed by atoms with Crippen LogP contribution < -0.4 is 4.74 Å². The van der Waals surface area contributed by atoms with E-state index in [1.165, 1.54) is 4.70 Å². The van der Waals surface area contributed by atoms with Crippen molar-refractivity contribution >= 4 is 21.4 Å². The first-order valence-electron chi connectivity index (χ1n) is 4.97. The number of fused-ring (bicyclic) bond motifs is 1. The van der Waals surface area contributed by atoms with Gasteiger partial charge in [-0.25, -0.2) is 0 Å². The highest BCUT2D eigenvalue weighted by Gasteiger charge is 2.04. The first-order valence-corrected chi connectivity index (χ1v) is 5.85. The largest absolute Gasteiger partial charge is 0.454 e. The molecule has 0 saturated heterocycles. The second-order valence-corrected chi connectivity index (χ2v) is 4.30. The van der Waals surface area contributed by atoms with Gasteiger partial charge in [0.1, 0.15) is 11.5 Å². The highest BCUT2D eigenvalue weighted by atomic mass is 32.1. The summed E-state index contributed by atoms with van der Waals surface area (Å²) in [5.41, 5.74) is 0. The number of hydrogen-bond donors (Lipinski definition) is 0. The maximum atomic E-state index is 5.78. The van der Waals surface area contributed by atoms with Crippen molar-refractivity contribution in [2.75, 3.05) is 0 Å².